The fourth-order valence-corrected chi connectivity index (χ4v) is 7.95. The van der Waals surface area contributed by atoms with Gasteiger partial charge in [-0.05, 0) is 87.7 Å². The molecule has 7 rings (SSSR count). The molecule has 0 saturated carbocycles. The number of hydrogen-bond acceptors (Lipinski definition) is 2. The van der Waals surface area contributed by atoms with Crippen molar-refractivity contribution in [3.63, 3.8) is 0 Å². The van der Waals surface area contributed by atoms with Crippen LogP contribution in [0.1, 0.15) is 27.7 Å². The Balaban J connectivity index is 1.71. The van der Waals surface area contributed by atoms with Crippen molar-refractivity contribution in [2.75, 3.05) is 0 Å². The summed E-state index contributed by atoms with van der Waals surface area (Å²) in [5, 5.41) is 7.96. The maximum Gasteiger partial charge on any atom is 0.494 e. The van der Waals surface area contributed by atoms with Crippen LogP contribution < -0.4 is 49.2 Å². The maximum atomic E-state index is 6.57. The molecule has 1 aliphatic heterocycles. The van der Waals surface area contributed by atoms with Crippen LogP contribution in [0.5, 0.6) is 0 Å². The van der Waals surface area contributed by atoms with E-state index >= 15 is 0 Å². The van der Waals surface area contributed by atoms with E-state index < -0.39 is 18.3 Å². The first-order valence-electron chi connectivity index (χ1n) is 17.1. The lowest BCUT2D eigenvalue weighted by molar-refractivity contribution is 0.00578. The van der Waals surface area contributed by atoms with Crippen LogP contribution in [-0.2, 0) is 9.31 Å². The Labute approximate surface area is 287 Å². The lowest BCUT2D eigenvalue weighted by Gasteiger charge is -2.32. The van der Waals surface area contributed by atoms with Crippen molar-refractivity contribution in [1.82, 2.24) is 0 Å². The molecule has 1 saturated heterocycles. The lowest BCUT2D eigenvalue weighted by atomic mass is 9.59. The molecular formula is C36H39B9O2. The first kappa shape index (κ1) is 32.2. The molecule has 47 heavy (non-hydrogen) atoms. The van der Waals surface area contributed by atoms with Gasteiger partial charge in [0.15, 0.2) is 0 Å². The summed E-state index contributed by atoms with van der Waals surface area (Å²) in [6.45, 7) is 8.49. The monoisotopic (exact) mass is 602 g/mol. The zero-order valence-electron chi connectivity index (χ0n) is 30.2. The molecule has 6 aromatic rings. The summed E-state index contributed by atoms with van der Waals surface area (Å²) in [6.07, 6.45) is 0. The highest BCUT2D eigenvalue weighted by molar-refractivity contribution is 6.71. The van der Waals surface area contributed by atoms with Crippen molar-refractivity contribution < 1.29 is 9.31 Å². The van der Waals surface area contributed by atoms with Crippen LogP contribution in [0.25, 0.3) is 54.6 Å². The van der Waals surface area contributed by atoms with E-state index in [1.165, 1.54) is 98.3 Å². The summed E-state index contributed by atoms with van der Waals surface area (Å²) >= 11 is 0. The second-order valence-electron chi connectivity index (χ2n) is 15.0. The van der Waals surface area contributed by atoms with Gasteiger partial charge in [-0.15, -0.1) is 21.9 Å². The minimum Gasteiger partial charge on any atom is -0.399 e. The molecule has 1 heterocycles. The SMILES string of the molecule is Bc1c(B)c(B)c2c(-c3cccc4ccccc34)c3c(B)c(B)c(B)c(B)c3c(-c3cccc(B4OC(C)(C)C(C)(C)O4)c3)c2c1B. The average molecular weight is 601 g/mol. The molecule has 1 aliphatic rings. The molecule has 0 spiro atoms. The normalized spacial score (nSPS) is 15.6. The van der Waals surface area contributed by atoms with Gasteiger partial charge in [0.25, 0.3) is 0 Å². The summed E-state index contributed by atoms with van der Waals surface area (Å²) in [4.78, 5) is 0. The molecule has 11 heteroatoms. The molecule has 1 fully saturated rings. The molecule has 6 aromatic carbocycles. The van der Waals surface area contributed by atoms with Gasteiger partial charge in [-0.25, -0.2) is 0 Å². The Morgan fingerprint density at radius 1 is 0.489 bits per heavy atom. The predicted molar refractivity (Wildman–Crippen MR) is 231 cm³/mol. The highest BCUT2D eigenvalue weighted by Gasteiger charge is 2.51. The van der Waals surface area contributed by atoms with Gasteiger partial charge in [0.1, 0.15) is 62.8 Å². The summed E-state index contributed by atoms with van der Waals surface area (Å²) in [6, 6.07) is 24.6. The molecule has 0 amide bonds. The molecule has 0 bridgehead atoms. The van der Waals surface area contributed by atoms with E-state index in [-0.39, 0.29) is 0 Å². The van der Waals surface area contributed by atoms with Crippen LogP contribution in [0.3, 0.4) is 0 Å². The van der Waals surface area contributed by atoms with Gasteiger partial charge in [0, 0.05) is 0 Å². The molecular weight excluding hydrogens is 562 g/mol. The Kier molecular flexibility index (Phi) is 7.58. The largest absolute Gasteiger partial charge is 0.494 e. The van der Waals surface area contributed by atoms with Crippen molar-refractivity contribution in [3.8, 4) is 22.3 Å². The molecule has 2 nitrogen and oxygen atoms in total. The minimum absolute atomic E-state index is 0.405. The van der Waals surface area contributed by atoms with Crippen molar-refractivity contribution in [3.05, 3.63) is 66.7 Å². The van der Waals surface area contributed by atoms with Crippen molar-refractivity contribution in [2.45, 2.75) is 38.9 Å². The van der Waals surface area contributed by atoms with E-state index in [9.17, 15) is 0 Å². The van der Waals surface area contributed by atoms with Crippen LogP contribution >= 0.6 is 0 Å². The highest BCUT2D eigenvalue weighted by atomic mass is 16.7. The Morgan fingerprint density at radius 2 is 0.936 bits per heavy atom. The average Bonchev–Trinajstić information content (AvgIpc) is 3.28. The molecule has 222 valence electrons. The van der Waals surface area contributed by atoms with Gasteiger partial charge in [-0.2, -0.15) is 0 Å². The van der Waals surface area contributed by atoms with Gasteiger partial charge in [-0.1, -0.05) is 88.6 Å². The fourth-order valence-electron chi connectivity index (χ4n) is 7.95. The topological polar surface area (TPSA) is 18.5 Å². The molecule has 0 aliphatic carbocycles. The van der Waals surface area contributed by atoms with Crippen LogP contribution in [0, 0.1) is 0 Å². The minimum atomic E-state index is -0.425. The number of hydrogen-bond donors (Lipinski definition) is 0. The first-order chi connectivity index (χ1) is 22.2. The molecule has 0 aromatic heterocycles. The van der Waals surface area contributed by atoms with E-state index in [1.54, 1.807) is 0 Å². The van der Waals surface area contributed by atoms with Crippen LogP contribution in [-0.4, -0.2) is 81.1 Å². The van der Waals surface area contributed by atoms with E-state index in [2.05, 4.69) is 157 Å². The Bertz CT molecular complexity index is 2210. The highest BCUT2D eigenvalue weighted by Crippen LogP contribution is 2.43. The fraction of sp³-hybridized carbons (Fsp3) is 0.167. The van der Waals surface area contributed by atoms with Crippen LogP contribution in [0.4, 0.5) is 0 Å². The van der Waals surface area contributed by atoms with Crippen molar-refractivity contribution in [2.24, 2.45) is 0 Å². The smallest absolute Gasteiger partial charge is 0.399 e. The quantitative estimate of drug-likeness (QED) is 0.150. The summed E-state index contributed by atoms with van der Waals surface area (Å²) in [5.74, 6) is 0. The number of rotatable bonds is 3. The van der Waals surface area contributed by atoms with Crippen molar-refractivity contribution in [1.29, 1.82) is 0 Å². The second-order valence-corrected chi connectivity index (χ2v) is 15.0. The van der Waals surface area contributed by atoms with Gasteiger partial charge >= 0.3 is 7.12 Å². The van der Waals surface area contributed by atoms with Gasteiger partial charge in [0.2, 0.25) is 0 Å². The van der Waals surface area contributed by atoms with E-state index in [0.29, 0.717) is 0 Å². The zero-order valence-corrected chi connectivity index (χ0v) is 30.2. The molecule has 0 unspecified atom stereocenters. The maximum absolute atomic E-state index is 6.57. The molecule has 0 radical (unpaired) electrons. The van der Waals surface area contributed by atoms with E-state index in [4.69, 9.17) is 9.31 Å². The lowest BCUT2D eigenvalue weighted by Crippen LogP contribution is -2.50. The summed E-state index contributed by atoms with van der Waals surface area (Å²) in [5.41, 5.74) is 16.3. The predicted octanol–water partition coefficient (Wildman–Crippen LogP) is -5.15. The van der Waals surface area contributed by atoms with E-state index in [1.807, 2.05) is 0 Å². The number of benzene rings is 6. The Morgan fingerprint density at radius 3 is 1.47 bits per heavy atom. The van der Waals surface area contributed by atoms with Crippen molar-refractivity contribution >= 4 is 151 Å². The van der Waals surface area contributed by atoms with Crippen LogP contribution in [0.15, 0.2) is 66.7 Å². The second kappa shape index (κ2) is 11.1. The van der Waals surface area contributed by atoms with Gasteiger partial charge < -0.3 is 9.31 Å². The molecule has 0 atom stereocenters. The Hall–Kier alpha value is -3.40. The van der Waals surface area contributed by atoms with Gasteiger partial charge in [-0.3, -0.25) is 0 Å². The van der Waals surface area contributed by atoms with E-state index in [0.717, 1.165) is 5.46 Å². The van der Waals surface area contributed by atoms with Crippen LogP contribution in [0.2, 0.25) is 0 Å². The zero-order chi connectivity index (χ0) is 33.7. The summed E-state index contributed by atoms with van der Waals surface area (Å²) in [7, 11) is 18.1. The third-order valence-electron chi connectivity index (χ3n) is 12.1. The molecule has 0 N–H and O–H groups in total. The first-order valence-corrected chi connectivity index (χ1v) is 17.1. The third-order valence-corrected chi connectivity index (χ3v) is 12.1. The third kappa shape index (κ3) is 4.67. The number of fused-ring (bicyclic) bond motifs is 3. The van der Waals surface area contributed by atoms with Gasteiger partial charge in [0.05, 0.1) is 11.2 Å². The summed E-state index contributed by atoms with van der Waals surface area (Å²) < 4.78 is 13.1. The standard InChI is InChI=1S/C36H39B9O2/c1-35(2)36(3,4)47-45(46-35)18-12-7-11-17(15-18)21-23-25(29(39)33(43)31(41)27(23)37)22(20-14-8-10-16-9-5-6-13-19(16)20)26-24(21)28(38)32(42)34(44)30(26)40/h5-15H,37-44H2,1-4H3.